The van der Waals surface area contributed by atoms with Crippen LogP contribution in [0.25, 0.3) is 5.57 Å². The van der Waals surface area contributed by atoms with E-state index in [1.807, 2.05) is 12.1 Å². The largest absolute Gasteiger partial charge is 0.310 e. The molecular weight excluding hydrogens is 258 g/mol. The minimum Gasteiger partial charge on any atom is -0.310 e. The van der Waals surface area contributed by atoms with E-state index in [4.69, 9.17) is 0 Å². The van der Waals surface area contributed by atoms with E-state index >= 15 is 0 Å². The Morgan fingerprint density at radius 2 is 2.26 bits per heavy atom. The van der Waals surface area contributed by atoms with Crippen molar-refractivity contribution in [1.82, 2.24) is 5.32 Å². The van der Waals surface area contributed by atoms with Crippen LogP contribution in [-0.4, -0.2) is 27.3 Å². The van der Waals surface area contributed by atoms with Crippen LogP contribution in [0.2, 0.25) is 0 Å². The predicted octanol–water partition coefficient (Wildman–Crippen LogP) is 2.41. The highest BCUT2D eigenvalue weighted by molar-refractivity contribution is 7.90. The fourth-order valence-electron chi connectivity index (χ4n) is 2.30. The van der Waals surface area contributed by atoms with Crippen LogP contribution in [0, 0.1) is 0 Å². The van der Waals surface area contributed by atoms with Crippen LogP contribution < -0.4 is 5.32 Å². The lowest BCUT2D eigenvalue weighted by molar-refractivity contribution is 0.542. The van der Waals surface area contributed by atoms with Gasteiger partial charge in [0, 0.05) is 18.8 Å². The summed E-state index contributed by atoms with van der Waals surface area (Å²) in [5.74, 6) is 0. The highest BCUT2D eigenvalue weighted by Crippen LogP contribution is 2.25. The third-order valence-electron chi connectivity index (χ3n) is 3.31. The van der Waals surface area contributed by atoms with E-state index in [0.29, 0.717) is 10.9 Å². The molecule has 1 aliphatic heterocycles. The molecule has 0 bridgehead atoms. The standard InChI is InChI=1S/C15H19NO2S/c1-3-5-14-10-13(8-9-16-14)12-6-4-7-15(11-12)19(2,17)18/h3-4,6-8,11,14,16H,1,5,9-10H2,2H3. The Hall–Kier alpha value is -1.39. The van der Waals surface area contributed by atoms with Crippen LogP contribution in [0.5, 0.6) is 0 Å². The number of nitrogens with one attached hydrogen (secondary N) is 1. The molecule has 1 heterocycles. The van der Waals surface area contributed by atoms with Gasteiger partial charge in [-0.05, 0) is 36.1 Å². The molecule has 1 aliphatic rings. The second-order valence-corrected chi connectivity index (χ2v) is 6.88. The van der Waals surface area contributed by atoms with Gasteiger partial charge in [0.2, 0.25) is 0 Å². The summed E-state index contributed by atoms with van der Waals surface area (Å²) in [5, 5.41) is 3.40. The van der Waals surface area contributed by atoms with Gasteiger partial charge in [0.1, 0.15) is 0 Å². The lowest BCUT2D eigenvalue weighted by atomic mass is 9.94. The summed E-state index contributed by atoms with van der Waals surface area (Å²) in [5.41, 5.74) is 2.20. The number of hydrogen-bond donors (Lipinski definition) is 1. The topological polar surface area (TPSA) is 46.2 Å². The lowest BCUT2D eigenvalue weighted by Gasteiger charge is -2.23. The summed E-state index contributed by atoms with van der Waals surface area (Å²) >= 11 is 0. The minimum atomic E-state index is -3.15. The van der Waals surface area contributed by atoms with Gasteiger partial charge >= 0.3 is 0 Å². The highest BCUT2D eigenvalue weighted by Gasteiger charge is 2.16. The average molecular weight is 277 g/mol. The predicted molar refractivity (Wildman–Crippen MR) is 78.8 cm³/mol. The molecule has 102 valence electrons. The van der Waals surface area contributed by atoms with Crippen LogP contribution in [0.1, 0.15) is 18.4 Å². The molecule has 0 amide bonds. The molecule has 0 aliphatic carbocycles. The quantitative estimate of drug-likeness (QED) is 0.860. The molecule has 3 nitrogen and oxygen atoms in total. The lowest BCUT2D eigenvalue weighted by Crippen LogP contribution is -2.32. The van der Waals surface area contributed by atoms with Crippen molar-refractivity contribution in [2.75, 3.05) is 12.8 Å². The van der Waals surface area contributed by atoms with Gasteiger partial charge < -0.3 is 5.32 Å². The first kappa shape index (κ1) is 14.0. The fraction of sp³-hybridized carbons (Fsp3) is 0.333. The van der Waals surface area contributed by atoms with Crippen molar-refractivity contribution in [2.45, 2.75) is 23.8 Å². The molecule has 0 saturated heterocycles. The minimum absolute atomic E-state index is 0.379. The Morgan fingerprint density at radius 1 is 1.47 bits per heavy atom. The zero-order valence-corrected chi connectivity index (χ0v) is 11.9. The van der Waals surface area contributed by atoms with Gasteiger partial charge in [-0.1, -0.05) is 24.3 Å². The van der Waals surface area contributed by atoms with Crippen LogP contribution in [0.15, 0.2) is 47.9 Å². The van der Waals surface area contributed by atoms with Crippen molar-refractivity contribution >= 4 is 15.4 Å². The summed E-state index contributed by atoms with van der Waals surface area (Å²) in [6.07, 6.45) is 7.10. The van der Waals surface area contributed by atoms with Gasteiger partial charge in [-0.25, -0.2) is 8.42 Å². The summed E-state index contributed by atoms with van der Waals surface area (Å²) in [6.45, 7) is 4.58. The number of rotatable bonds is 4. The number of benzene rings is 1. The summed E-state index contributed by atoms with van der Waals surface area (Å²) in [4.78, 5) is 0.379. The molecule has 0 aromatic heterocycles. The SMILES string of the molecule is C=CCC1CC(c2cccc(S(C)(=O)=O)c2)=CCN1. The van der Waals surface area contributed by atoms with E-state index < -0.39 is 9.84 Å². The van der Waals surface area contributed by atoms with E-state index in [1.165, 1.54) is 11.8 Å². The van der Waals surface area contributed by atoms with Gasteiger partial charge in [-0.2, -0.15) is 0 Å². The van der Waals surface area contributed by atoms with Gasteiger partial charge in [0.15, 0.2) is 9.84 Å². The zero-order chi connectivity index (χ0) is 13.9. The maximum atomic E-state index is 11.6. The van der Waals surface area contributed by atoms with Crippen molar-refractivity contribution in [3.05, 3.63) is 48.6 Å². The Bertz CT molecular complexity index is 602. The van der Waals surface area contributed by atoms with Crippen molar-refractivity contribution < 1.29 is 8.42 Å². The molecule has 4 heteroatoms. The monoisotopic (exact) mass is 277 g/mol. The van der Waals surface area contributed by atoms with Crippen LogP contribution >= 0.6 is 0 Å². The second-order valence-electron chi connectivity index (χ2n) is 4.86. The van der Waals surface area contributed by atoms with Crippen molar-refractivity contribution in [1.29, 1.82) is 0 Å². The second kappa shape index (κ2) is 5.72. The molecule has 0 spiro atoms. The van der Waals surface area contributed by atoms with E-state index in [1.54, 1.807) is 18.2 Å². The molecule has 0 fully saturated rings. The number of sulfone groups is 1. The average Bonchev–Trinajstić information content (AvgIpc) is 2.39. The third kappa shape index (κ3) is 3.55. The van der Waals surface area contributed by atoms with E-state index in [-0.39, 0.29) is 0 Å². The zero-order valence-electron chi connectivity index (χ0n) is 11.1. The molecule has 0 saturated carbocycles. The first-order valence-electron chi connectivity index (χ1n) is 6.34. The summed E-state index contributed by atoms with van der Waals surface area (Å²) in [6, 6.07) is 7.56. The fourth-order valence-corrected chi connectivity index (χ4v) is 2.97. The van der Waals surface area contributed by atoms with Crippen molar-refractivity contribution in [3.8, 4) is 0 Å². The normalized spacial score (nSPS) is 19.8. The summed E-state index contributed by atoms with van der Waals surface area (Å²) in [7, 11) is -3.15. The Kier molecular flexibility index (Phi) is 4.22. The first-order chi connectivity index (χ1) is 9.00. The van der Waals surface area contributed by atoms with Gasteiger partial charge in [0.25, 0.3) is 0 Å². The molecule has 0 radical (unpaired) electrons. The molecular formula is C15H19NO2S. The molecule has 1 aromatic rings. The smallest absolute Gasteiger partial charge is 0.175 e. The highest BCUT2D eigenvalue weighted by atomic mass is 32.2. The summed E-state index contributed by atoms with van der Waals surface area (Å²) < 4.78 is 23.2. The molecule has 1 N–H and O–H groups in total. The van der Waals surface area contributed by atoms with Crippen molar-refractivity contribution in [3.63, 3.8) is 0 Å². The maximum Gasteiger partial charge on any atom is 0.175 e. The molecule has 1 aromatic carbocycles. The van der Waals surface area contributed by atoms with Crippen molar-refractivity contribution in [2.24, 2.45) is 0 Å². The Morgan fingerprint density at radius 3 is 2.95 bits per heavy atom. The van der Waals surface area contributed by atoms with Gasteiger partial charge in [-0.15, -0.1) is 6.58 Å². The first-order valence-corrected chi connectivity index (χ1v) is 8.23. The van der Waals surface area contributed by atoms with Crippen LogP contribution in [-0.2, 0) is 9.84 Å². The van der Waals surface area contributed by atoms with E-state index in [0.717, 1.165) is 24.9 Å². The molecule has 1 atom stereocenters. The van der Waals surface area contributed by atoms with E-state index in [9.17, 15) is 8.42 Å². The molecule has 19 heavy (non-hydrogen) atoms. The van der Waals surface area contributed by atoms with Crippen LogP contribution in [0.4, 0.5) is 0 Å². The number of hydrogen-bond acceptors (Lipinski definition) is 3. The Labute approximate surface area is 115 Å². The van der Waals surface area contributed by atoms with E-state index in [2.05, 4.69) is 18.0 Å². The molecule has 1 unspecified atom stereocenters. The Balaban J connectivity index is 2.27. The third-order valence-corrected chi connectivity index (χ3v) is 4.42. The maximum absolute atomic E-state index is 11.6. The van der Waals surface area contributed by atoms with Crippen LogP contribution in [0.3, 0.4) is 0 Å². The molecule has 2 rings (SSSR count). The van der Waals surface area contributed by atoms with Gasteiger partial charge in [0.05, 0.1) is 4.90 Å². The van der Waals surface area contributed by atoms with Gasteiger partial charge in [-0.3, -0.25) is 0 Å².